The van der Waals surface area contributed by atoms with E-state index in [9.17, 15) is 4.79 Å². The lowest BCUT2D eigenvalue weighted by molar-refractivity contribution is -0.133. The number of hydrogen-bond donors (Lipinski definition) is 1. The number of carbonyl (C=O) groups is 1. The van der Waals surface area contributed by atoms with Crippen molar-refractivity contribution in [1.29, 1.82) is 0 Å². The minimum atomic E-state index is -0.398. The first kappa shape index (κ1) is 20.7. The molecule has 1 aromatic rings. The van der Waals surface area contributed by atoms with Crippen molar-refractivity contribution in [3.63, 3.8) is 0 Å². The molecular formula is C17H30ClN5O. The van der Waals surface area contributed by atoms with E-state index in [1.54, 1.807) is 0 Å². The smallest absolute Gasteiger partial charge is 0.239 e. The van der Waals surface area contributed by atoms with Crippen molar-refractivity contribution in [2.24, 2.45) is 11.7 Å². The highest BCUT2D eigenvalue weighted by Crippen LogP contribution is 2.15. The monoisotopic (exact) mass is 355 g/mol. The van der Waals surface area contributed by atoms with Gasteiger partial charge >= 0.3 is 0 Å². The van der Waals surface area contributed by atoms with Crippen LogP contribution in [0.3, 0.4) is 0 Å². The predicted octanol–water partition coefficient (Wildman–Crippen LogP) is 1.20. The lowest BCUT2D eigenvalue weighted by Crippen LogP contribution is -2.54. The second-order valence-electron chi connectivity index (χ2n) is 6.84. The Labute approximate surface area is 151 Å². The van der Waals surface area contributed by atoms with Gasteiger partial charge in [-0.3, -0.25) is 4.79 Å². The van der Waals surface area contributed by atoms with Gasteiger partial charge < -0.3 is 20.4 Å². The largest absolute Gasteiger partial charge is 0.353 e. The summed E-state index contributed by atoms with van der Waals surface area (Å²) < 4.78 is 0. The number of amides is 1. The number of aromatic nitrogens is 1. The van der Waals surface area contributed by atoms with Crippen molar-refractivity contribution >= 4 is 24.1 Å². The molecule has 0 unspecified atom stereocenters. The highest BCUT2D eigenvalue weighted by Gasteiger charge is 2.27. The maximum atomic E-state index is 12.3. The van der Waals surface area contributed by atoms with Crippen LogP contribution in [0.25, 0.3) is 0 Å². The first-order valence-electron chi connectivity index (χ1n) is 8.27. The van der Waals surface area contributed by atoms with Gasteiger partial charge in [0.15, 0.2) is 0 Å². The zero-order valence-electron chi connectivity index (χ0n) is 15.1. The molecule has 0 aliphatic carbocycles. The molecule has 0 spiro atoms. The number of hydrogen-bond acceptors (Lipinski definition) is 5. The van der Waals surface area contributed by atoms with E-state index >= 15 is 0 Å². The zero-order chi connectivity index (χ0) is 17.0. The number of halogens is 1. The second-order valence-corrected chi connectivity index (χ2v) is 6.84. The first-order valence-corrected chi connectivity index (χ1v) is 8.27. The summed E-state index contributed by atoms with van der Waals surface area (Å²) in [6, 6.07) is 3.79. The van der Waals surface area contributed by atoms with Crippen LogP contribution >= 0.6 is 12.4 Å². The summed E-state index contributed by atoms with van der Waals surface area (Å²) >= 11 is 0. The van der Waals surface area contributed by atoms with Crippen LogP contribution in [-0.2, 0) is 11.3 Å². The third-order valence-electron chi connectivity index (χ3n) is 4.23. The molecule has 1 saturated heterocycles. The molecule has 136 valence electrons. The molecule has 1 amide bonds. The highest BCUT2D eigenvalue weighted by atomic mass is 35.5. The van der Waals surface area contributed by atoms with Crippen LogP contribution in [0.4, 0.5) is 5.82 Å². The highest BCUT2D eigenvalue weighted by molar-refractivity contribution is 5.85. The fraction of sp³-hybridized carbons (Fsp3) is 0.647. The average molecular weight is 356 g/mol. The number of carbonyl (C=O) groups excluding carboxylic acids is 1. The summed E-state index contributed by atoms with van der Waals surface area (Å²) in [5, 5.41) is 0. The van der Waals surface area contributed by atoms with Crippen LogP contribution in [0.15, 0.2) is 18.3 Å². The number of pyridine rings is 1. The molecule has 6 nitrogen and oxygen atoms in total. The Morgan fingerprint density at radius 2 is 1.88 bits per heavy atom. The zero-order valence-corrected chi connectivity index (χ0v) is 15.9. The maximum absolute atomic E-state index is 12.3. The minimum absolute atomic E-state index is 0. The Morgan fingerprint density at radius 3 is 2.33 bits per heavy atom. The standard InChI is InChI=1S/C17H29N5O.ClH/c1-13(2)16(18)17(23)22-9-7-21(8-10-22)15-6-5-14(11-19-15)12-20(3)4;/h5-6,11,13,16H,7-10,12,18H2,1-4H3;1H/t16-;/m0./s1. The molecule has 0 radical (unpaired) electrons. The Hall–Kier alpha value is -1.37. The minimum Gasteiger partial charge on any atom is -0.353 e. The van der Waals surface area contributed by atoms with Crippen LogP contribution in [0.1, 0.15) is 19.4 Å². The normalized spacial score (nSPS) is 16.3. The lowest BCUT2D eigenvalue weighted by Gasteiger charge is -2.37. The van der Waals surface area contributed by atoms with Crippen molar-refractivity contribution in [2.45, 2.75) is 26.4 Å². The van der Waals surface area contributed by atoms with E-state index in [2.05, 4.69) is 26.9 Å². The van der Waals surface area contributed by atoms with Gasteiger partial charge in [0.05, 0.1) is 6.04 Å². The molecule has 2 N–H and O–H groups in total. The fourth-order valence-electron chi connectivity index (χ4n) is 2.71. The molecule has 24 heavy (non-hydrogen) atoms. The Kier molecular flexibility index (Phi) is 7.93. The molecule has 1 aliphatic heterocycles. The number of rotatable bonds is 5. The van der Waals surface area contributed by atoms with E-state index in [0.29, 0.717) is 13.1 Å². The van der Waals surface area contributed by atoms with Gasteiger partial charge in [0.1, 0.15) is 5.82 Å². The molecule has 2 rings (SSSR count). The van der Waals surface area contributed by atoms with E-state index in [-0.39, 0.29) is 24.2 Å². The number of nitrogens with zero attached hydrogens (tertiary/aromatic N) is 4. The quantitative estimate of drug-likeness (QED) is 0.859. The fourth-order valence-corrected chi connectivity index (χ4v) is 2.71. The molecule has 2 heterocycles. The molecule has 1 aliphatic rings. The third-order valence-corrected chi connectivity index (χ3v) is 4.23. The molecule has 1 atom stereocenters. The maximum Gasteiger partial charge on any atom is 0.239 e. The van der Waals surface area contributed by atoms with Crippen molar-refractivity contribution in [1.82, 2.24) is 14.8 Å². The van der Waals surface area contributed by atoms with Gasteiger partial charge in [-0.25, -0.2) is 4.98 Å². The summed E-state index contributed by atoms with van der Waals surface area (Å²) in [5.74, 6) is 1.22. The van der Waals surface area contributed by atoms with E-state index in [4.69, 9.17) is 5.73 Å². The number of piperazine rings is 1. The summed E-state index contributed by atoms with van der Waals surface area (Å²) in [5.41, 5.74) is 7.18. The molecule has 1 fully saturated rings. The third kappa shape index (κ3) is 5.33. The number of anilines is 1. The lowest BCUT2D eigenvalue weighted by atomic mass is 10.0. The van der Waals surface area contributed by atoms with Gasteiger partial charge in [0.2, 0.25) is 5.91 Å². The van der Waals surface area contributed by atoms with Crippen LogP contribution < -0.4 is 10.6 Å². The molecule has 0 aromatic carbocycles. The molecule has 0 saturated carbocycles. The van der Waals surface area contributed by atoms with E-state index < -0.39 is 6.04 Å². The van der Waals surface area contributed by atoms with E-state index in [1.807, 2.05) is 39.0 Å². The Bertz CT molecular complexity index is 512. The Morgan fingerprint density at radius 1 is 1.25 bits per heavy atom. The summed E-state index contributed by atoms with van der Waals surface area (Å²) in [4.78, 5) is 23.1. The first-order chi connectivity index (χ1) is 10.9. The van der Waals surface area contributed by atoms with Crippen LogP contribution in [0, 0.1) is 5.92 Å². The topological polar surface area (TPSA) is 65.7 Å². The van der Waals surface area contributed by atoms with Gasteiger partial charge in [-0.2, -0.15) is 0 Å². The second kappa shape index (κ2) is 9.20. The molecule has 1 aromatic heterocycles. The van der Waals surface area contributed by atoms with Crippen LogP contribution in [-0.4, -0.2) is 67.0 Å². The van der Waals surface area contributed by atoms with Gasteiger partial charge in [0, 0.05) is 38.9 Å². The van der Waals surface area contributed by atoms with E-state index in [1.165, 1.54) is 5.56 Å². The van der Waals surface area contributed by atoms with Crippen molar-refractivity contribution < 1.29 is 4.79 Å². The van der Waals surface area contributed by atoms with Gasteiger partial charge in [0.25, 0.3) is 0 Å². The summed E-state index contributed by atoms with van der Waals surface area (Å²) in [7, 11) is 4.10. The van der Waals surface area contributed by atoms with E-state index in [0.717, 1.165) is 25.5 Å². The van der Waals surface area contributed by atoms with Gasteiger partial charge in [-0.05, 0) is 31.6 Å². The Balaban J connectivity index is 0.00000288. The van der Waals surface area contributed by atoms with Crippen molar-refractivity contribution in [2.75, 3.05) is 45.2 Å². The van der Waals surface area contributed by atoms with Crippen molar-refractivity contribution in [3.05, 3.63) is 23.9 Å². The van der Waals surface area contributed by atoms with Gasteiger partial charge in [-0.15, -0.1) is 12.4 Å². The van der Waals surface area contributed by atoms with Crippen LogP contribution in [0.2, 0.25) is 0 Å². The average Bonchev–Trinajstić information content (AvgIpc) is 2.53. The number of nitrogens with two attached hydrogens (primary N) is 1. The predicted molar refractivity (Wildman–Crippen MR) is 100 cm³/mol. The molecular weight excluding hydrogens is 326 g/mol. The van der Waals surface area contributed by atoms with Crippen molar-refractivity contribution in [3.8, 4) is 0 Å². The molecule has 7 heteroatoms. The van der Waals surface area contributed by atoms with Crippen LogP contribution in [0.5, 0.6) is 0 Å². The summed E-state index contributed by atoms with van der Waals surface area (Å²) in [6.07, 6.45) is 1.93. The van der Waals surface area contributed by atoms with Gasteiger partial charge in [-0.1, -0.05) is 19.9 Å². The molecule has 0 bridgehead atoms. The summed E-state index contributed by atoms with van der Waals surface area (Å²) in [6.45, 7) is 7.88. The SMILES string of the molecule is CC(C)[C@H](N)C(=O)N1CCN(c2ccc(CN(C)C)cn2)CC1.Cl.